The molecule has 0 saturated heterocycles. The summed E-state index contributed by atoms with van der Waals surface area (Å²) in [5.74, 6) is 0. The zero-order valence-corrected chi connectivity index (χ0v) is 25.6. The largest absolute Gasteiger partial charge is 0.253 e. The first-order valence-corrected chi connectivity index (χ1v) is 15.5. The van der Waals surface area contributed by atoms with Crippen LogP contribution in [0.2, 0.25) is 0 Å². The van der Waals surface area contributed by atoms with E-state index in [9.17, 15) is 0 Å². The zero-order chi connectivity index (χ0) is 31.0. The summed E-state index contributed by atoms with van der Waals surface area (Å²) < 4.78 is 0. The van der Waals surface area contributed by atoms with E-state index in [1.807, 2.05) is 25.4 Å². The van der Waals surface area contributed by atoms with Crippen molar-refractivity contribution >= 4 is 49.2 Å². The van der Waals surface area contributed by atoms with Crippen LogP contribution >= 0.6 is 0 Å². The van der Waals surface area contributed by atoms with Gasteiger partial charge in [-0.1, -0.05) is 103 Å². The predicted molar refractivity (Wildman–Crippen MR) is 192 cm³/mol. The molecule has 8 rings (SSSR count). The fourth-order valence-corrected chi connectivity index (χ4v) is 6.21. The molecule has 0 radical (unpaired) electrons. The van der Waals surface area contributed by atoms with Crippen molar-refractivity contribution in [2.75, 3.05) is 0 Å². The van der Waals surface area contributed by atoms with Crippen LogP contribution < -0.4 is 0 Å². The molecule has 4 nitrogen and oxygen atoms in total. The summed E-state index contributed by atoms with van der Waals surface area (Å²) in [6.07, 6.45) is 10.2. The van der Waals surface area contributed by atoms with Crippen molar-refractivity contribution in [2.45, 2.75) is 13.8 Å². The number of nitrogens with zero attached hydrogens (tertiary/aromatic N) is 4. The van der Waals surface area contributed by atoms with Crippen LogP contribution in [0.5, 0.6) is 0 Å². The van der Waals surface area contributed by atoms with E-state index in [0.717, 1.165) is 88.4 Å². The van der Waals surface area contributed by atoms with Gasteiger partial charge in [-0.3, -0.25) is 9.97 Å². The Balaban J connectivity index is 1.19. The molecule has 8 aromatic rings. The van der Waals surface area contributed by atoms with Crippen LogP contribution in [0.3, 0.4) is 0 Å². The van der Waals surface area contributed by atoms with Gasteiger partial charge in [-0.05, 0) is 55.3 Å². The van der Waals surface area contributed by atoms with Gasteiger partial charge in [-0.15, -0.1) is 0 Å². The number of hydrogen-bond acceptors (Lipinski definition) is 4. The first-order chi connectivity index (χ1) is 22.7. The molecule has 0 aliphatic rings. The van der Waals surface area contributed by atoms with Crippen LogP contribution in [0.4, 0.5) is 0 Å². The summed E-state index contributed by atoms with van der Waals surface area (Å²) in [6.45, 7) is 4.08. The summed E-state index contributed by atoms with van der Waals surface area (Å²) in [5, 5.41) is 4.28. The first-order valence-electron chi connectivity index (χ1n) is 15.5. The highest BCUT2D eigenvalue weighted by Gasteiger charge is 2.12. The second-order valence-corrected chi connectivity index (χ2v) is 11.4. The molecule has 0 bridgehead atoms. The van der Waals surface area contributed by atoms with Crippen LogP contribution in [0.1, 0.15) is 19.4 Å². The molecular weight excluding hydrogens is 560 g/mol. The van der Waals surface area contributed by atoms with E-state index < -0.39 is 0 Å². The lowest BCUT2D eigenvalue weighted by Gasteiger charge is -2.10. The molecule has 0 N–H and O–H groups in total. The minimum atomic E-state index is 0.899. The SMILES string of the molecule is C/C=C\C(=C/C)c1cnc2c(ccc3ccc(-c4cccc(-c5ccc6ccc7cc(-c8ccccc8)cnc7c6n5)c4)nc32)c1. The quantitative estimate of drug-likeness (QED) is 0.148. The van der Waals surface area contributed by atoms with Crippen molar-refractivity contribution in [3.8, 4) is 33.6 Å². The normalized spacial score (nSPS) is 12.2. The second kappa shape index (κ2) is 11.5. The van der Waals surface area contributed by atoms with Crippen molar-refractivity contribution in [1.82, 2.24) is 19.9 Å². The number of hydrogen-bond donors (Lipinski definition) is 0. The van der Waals surface area contributed by atoms with Crippen LogP contribution in [-0.4, -0.2) is 19.9 Å². The summed E-state index contributed by atoms with van der Waals surface area (Å²) in [5.41, 5.74) is 12.0. The van der Waals surface area contributed by atoms with Crippen molar-refractivity contribution < 1.29 is 0 Å². The van der Waals surface area contributed by atoms with Crippen molar-refractivity contribution in [2.24, 2.45) is 0 Å². The number of fused-ring (bicyclic) bond motifs is 6. The minimum Gasteiger partial charge on any atom is -0.253 e. The Morgan fingerprint density at radius 2 is 1.04 bits per heavy atom. The molecule has 0 aliphatic heterocycles. The lowest BCUT2D eigenvalue weighted by atomic mass is 10.0. The highest BCUT2D eigenvalue weighted by atomic mass is 14.8. The van der Waals surface area contributed by atoms with E-state index in [-0.39, 0.29) is 0 Å². The molecule has 4 aromatic heterocycles. The molecule has 218 valence electrons. The summed E-state index contributed by atoms with van der Waals surface area (Å²) in [6, 6.07) is 40.1. The van der Waals surface area contributed by atoms with Gasteiger partial charge >= 0.3 is 0 Å². The molecule has 0 fully saturated rings. The summed E-state index contributed by atoms with van der Waals surface area (Å²) >= 11 is 0. The van der Waals surface area contributed by atoms with Crippen LogP contribution in [0, 0.1) is 0 Å². The maximum atomic E-state index is 5.14. The van der Waals surface area contributed by atoms with E-state index in [0.29, 0.717) is 0 Å². The van der Waals surface area contributed by atoms with E-state index in [1.165, 1.54) is 0 Å². The monoisotopic (exact) mass is 590 g/mol. The second-order valence-electron chi connectivity index (χ2n) is 11.4. The zero-order valence-electron chi connectivity index (χ0n) is 25.6. The maximum absolute atomic E-state index is 5.14. The summed E-state index contributed by atoms with van der Waals surface area (Å²) in [4.78, 5) is 20.1. The van der Waals surface area contributed by atoms with Gasteiger partial charge in [0, 0.05) is 56.2 Å². The first kappa shape index (κ1) is 27.5. The third kappa shape index (κ3) is 4.90. The van der Waals surface area contributed by atoms with Crippen LogP contribution in [0.15, 0.2) is 146 Å². The maximum Gasteiger partial charge on any atom is 0.0972 e. The van der Waals surface area contributed by atoms with Crippen LogP contribution in [0.25, 0.3) is 82.8 Å². The molecule has 0 unspecified atom stereocenters. The molecule has 0 saturated carbocycles. The third-order valence-corrected chi connectivity index (χ3v) is 8.57. The fraction of sp³-hybridized carbons (Fsp3) is 0.0476. The van der Waals surface area contributed by atoms with Crippen molar-refractivity contribution in [3.63, 3.8) is 0 Å². The number of rotatable bonds is 5. The Bertz CT molecular complexity index is 2490. The Kier molecular flexibility index (Phi) is 6.88. The van der Waals surface area contributed by atoms with Gasteiger partial charge in [0.1, 0.15) is 0 Å². The molecule has 0 spiro atoms. The smallest absolute Gasteiger partial charge is 0.0972 e. The highest BCUT2D eigenvalue weighted by molar-refractivity contribution is 6.05. The Hall–Kier alpha value is -6.00. The molecular formula is C42H30N4. The van der Waals surface area contributed by atoms with Gasteiger partial charge in [0.05, 0.1) is 33.5 Å². The topological polar surface area (TPSA) is 51.6 Å². The minimum absolute atomic E-state index is 0.899. The predicted octanol–water partition coefficient (Wildman–Crippen LogP) is 10.9. The van der Waals surface area contributed by atoms with Gasteiger partial charge in [0.2, 0.25) is 0 Å². The van der Waals surface area contributed by atoms with E-state index in [4.69, 9.17) is 19.9 Å². The highest BCUT2D eigenvalue weighted by Crippen LogP contribution is 2.32. The van der Waals surface area contributed by atoms with Gasteiger partial charge in [0.25, 0.3) is 0 Å². The number of benzene rings is 4. The van der Waals surface area contributed by atoms with E-state index in [1.54, 1.807) is 0 Å². The van der Waals surface area contributed by atoms with Crippen LogP contribution in [-0.2, 0) is 0 Å². The van der Waals surface area contributed by atoms with E-state index >= 15 is 0 Å². The van der Waals surface area contributed by atoms with Gasteiger partial charge < -0.3 is 0 Å². The molecule has 4 aromatic carbocycles. The van der Waals surface area contributed by atoms with E-state index in [2.05, 4.69) is 134 Å². The molecule has 4 heterocycles. The standard InChI is InChI=1S/C42H30N4/c1-3-9-27(4-2)35-23-33-16-14-29-18-20-37(45-41(29)39(33)43-25-35)31-12-8-13-32(22-31)38-21-19-30-15-17-34-24-36(28-10-6-5-7-11-28)26-44-40(34)42(30)46-38/h3-26H,1-2H3/b9-3-,27-4+. The molecule has 46 heavy (non-hydrogen) atoms. The number of allylic oxidation sites excluding steroid dienone is 4. The summed E-state index contributed by atoms with van der Waals surface area (Å²) in [7, 11) is 0. The molecule has 0 aliphatic carbocycles. The van der Waals surface area contributed by atoms with Crippen molar-refractivity contribution in [1.29, 1.82) is 0 Å². The third-order valence-electron chi connectivity index (χ3n) is 8.57. The van der Waals surface area contributed by atoms with Gasteiger partial charge in [0.15, 0.2) is 0 Å². The number of aromatic nitrogens is 4. The fourth-order valence-electron chi connectivity index (χ4n) is 6.21. The Labute approximate surface area is 267 Å². The van der Waals surface area contributed by atoms with Gasteiger partial charge in [-0.25, -0.2) is 9.97 Å². The average Bonchev–Trinajstić information content (AvgIpc) is 3.13. The van der Waals surface area contributed by atoms with Crippen molar-refractivity contribution in [3.05, 3.63) is 151 Å². The number of pyridine rings is 4. The molecule has 4 heteroatoms. The molecule has 0 atom stereocenters. The lowest BCUT2D eigenvalue weighted by Crippen LogP contribution is -1.92. The lowest BCUT2D eigenvalue weighted by molar-refractivity contribution is 1.35. The Morgan fingerprint density at radius 1 is 0.478 bits per heavy atom. The molecule has 0 amide bonds. The average molecular weight is 591 g/mol. The Morgan fingerprint density at radius 3 is 1.67 bits per heavy atom. The van der Waals surface area contributed by atoms with Gasteiger partial charge in [-0.2, -0.15) is 0 Å².